The van der Waals surface area contributed by atoms with Crippen LogP contribution in [-0.2, 0) is 0 Å². The topological polar surface area (TPSA) is 29.3 Å². The summed E-state index contributed by atoms with van der Waals surface area (Å²) in [6.07, 6.45) is 7.80. The van der Waals surface area contributed by atoms with E-state index in [1.54, 1.807) is 6.08 Å². The molecule has 0 bridgehead atoms. The van der Waals surface area contributed by atoms with Gasteiger partial charge in [0.25, 0.3) is 0 Å². The zero-order chi connectivity index (χ0) is 16.0. The first kappa shape index (κ1) is 17.4. The van der Waals surface area contributed by atoms with Gasteiger partial charge in [-0.05, 0) is 51.0 Å². The predicted octanol–water partition coefficient (Wildman–Crippen LogP) is 4.15. The van der Waals surface area contributed by atoms with Crippen LogP contribution in [-0.4, -0.2) is 24.5 Å². The SMILES string of the molecule is C=CC(C)N(C)CC/C(=C/C)C1=CCC=C(F)C(F)=C1N. The first-order chi connectivity index (χ1) is 9.92. The first-order valence-electron chi connectivity index (χ1n) is 7.12. The van der Waals surface area contributed by atoms with Crippen LogP contribution in [0.2, 0.25) is 0 Å². The second-order valence-electron chi connectivity index (χ2n) is 5.15. The van der Waals surface area contributed by atoms with E-state index in [-0.39, 0.29) is 11.7 Å². The standard InChI is InChI=1S/C17H24F2N2/c1-5-12(3)21(4)11-10-13(6-2)14-8-7-9-15(18)16(19)17(14)20/h5-6,8-9,12H,1,7,10-11,20H2,2-4H3/b13-6-. The molecule has 2 nitrogen and oxygen atoms in total. The average Bonchev–Trinajstić information content (AvgIpc) is 2.61. The zero-order valence-corrected chi connectivity index (χ0v) is 13.0. The molecule has 0 spiro atoms. The Morgan fingerprint density at radius 2 is 2.14 bits per heavy atom. The fourth-order valence-corrected chi connectivity index (χ4v) is 2.15. The van der Waals surface area contributed by atoms with Crippen molar-refractivity contribution in [3.8, 4) is 0 Å². The van der Waals surface area contributed by atoms with Gasteiger partial charge in [0, 0.05) is 12.6 Å². The van der Waals surface area contributed by atoms with Crippen LogP contribution in [0.5, 0.6) is 0 Å². The van der Waals surface area contributed by atoms with Gasteiger partial charge in [-0.1, -0.05) is 18.2 Å². The predicted molar refractivity (Wildman–Crippen MR) is 84.9 cm³/mol. The van der Waals surface area contributed by atoms with Gasteiger partial charge in [-0.25, -0.2) is 8.78 Å². The number of hydrogen-bond donors (Lipinski definition) is 1. The van der Waals surface area contributed by atoms with Gasteiger partial charge in [0.15, 0.2) is 11.7 Å². The molecule has 0 saturated carbocycles. The fraction of sp³-hybridized carbons (Fsp3) is 0.412. The molecule has 0 saturated heterocycles. The number of allylic oxidation sites excluding steroid dienone is 6. The van der Waals surface area contributed by atoms with Crippen LogP contribution < -0.4 is 5.73 Å². The van der Waals surface area contributed by atoms with Crippen molar-refractivity contribution in [1.29, 1.82) is 0 Å². The van der Waals surface area contributed by atoms with Crippen LogP contribution in [0.3, 0.4) is 0 Å². The van der Waals surface area contributed by atoms with Gasteiger partial charge < -0.3 is 5.73 Å². The van der Waals surface area contributed by atoms with Gasteiger partial charge in [-0.15, -0.1) is 6.58 Å². The zero-order valence-electron chi connectivity index (χ0n) is 13.0. The summed E-state index contributed by atoms with van der Waals surface area (Å²) in [6, 6.07) is 0.259. The van der Waals surface area contributed by atoms with Crippen molar-refractivity contribution in [1.82, 2.24) is 4.90 Å². The summed E-state index contributed by atoms with van der Waals surface area (Å²) >= 11 is 0. The lowest BCUT2D eigenvalue weighted by Gasteiger charge is -2.23. The molecule has 21 heavy (non-hydrogen) atoms. The summed E-state index contributed by atoms with van der Waals surface area (Å²) in [4.78, 5) is 2.14. The molecule has 1 aliphatic carbocycles. The fourth-order valence-electron chi connectivity index (χ4n) is 2.15. The molecule has 0 aromatic heterocycles. The van der Waals surface area contributed by atoms with Crippen molar-refractivity contribution in [2.45, 2.75) is 32.7 Å². The second kappa shape index (κ2) is 7.93. The molecule has 0 radical (unpaired) electrons. The Hall–Kier alpha value is -1.68. The molecule has 0 amide bonds. The molecule has 1 rings (SSSR count). The number of hydrogen-bond acceptors (Lipinski definition) is 2. The monoisotopic (exact) mass is 294 g/mol. The minimum absolute atomic E-state index is 0.117. The van der Waals surface area contributed by atoms with E-state index >= 15 is 0 Å². The van der Waals surface area contributed by atoms with E-state index in [9.17, 15) is 8.78 Å². The van der Waals surface area contributed by atoms with Crippen molar-refractivity contribution in [3.05, 3.63) is 59.4 Å². The molecule has 0 heterocycles. The molecule has 0 aromatic carbocycles. The number of halogens is 2. The maximum atomic E-state index is 13.8. The highest BCUT2D eigenvalue weighted by atomic mass is 19.2. The third-order valence-electron chi connectivity index (χ3n) is 3.82. The minimum atomic E-state index is -0.967. The molecule has 4 heteroatoms. The van der Waals surface area contributed by atoms with E-state index in [1.165, 1.54) is 6.08 Å². The largest absolute Gasteiger partial charge is 0.396 e. The maximum Gasteiger partial charge on any atom is 0.181 e. The van der Waals surface area contributed by atoms with Crippen LogP contribution >= 0.6 is 0 Å². The average molecular weight is 294 g/mol. The summed E-state index contributed by atoms with van der Waals surface area (Å²) in [6.45, 7) is 8.49. The summed E-state index contributed by atoms with van der Waals surface area (Å²) in [5.41, 5.74) is 7.17. The van der Waals surface area contributed by atoms with Crippen LogP contribution in [0.25, 0.3) is 0 Å². The molecule has 0 aliphatic heterocycles. The van der Waals surface area contributed by atoms with Crippen LogP contribution in [0.1, 0.15) is 26.7 Å². The third-order valence-corrected chi connectivity index (χ3v) is 3.82. The van der Waals surface area contributed by atoms with E-state index in [1.807, 2.05) is 26.1 Å². The lowest BCUT2D eigenvalue weighted by Crippen LogP contribution is -2.28. The summed E-state index contributed by atoms with van der Waals surface area (Å²) in [5.74, 6) is -1.85. The Bertz CT molecular complexity index is 513. The maximum absolute atomic E-state index is 13.8. The highest BCUT2D eigenvalue weighted by Gasteiger charge is 2.18. The molecule has 1 aliphatic rings. The van der Waals surface area contributed by atoms with Crippen LogP contribution in [0.4, 0.5) is 8.78 Å². The second-order valence-corrected chi connectivity index (χ2v) is 5.15. The number of rotatable bonds is 6. The van der Waals surface area contributed by atoms with Crippen molar-refractivity contribution >= 4 is 0 Å². The van der Waals surface area contributed by atoms with E-state index in [0.29, 0.717) is 18.4 Å². The van der Waals surface area contributed by atoms with Crippen molar-refractivity contribution in [2.24, 2.45) is 5.73 Å². The molecular formula is C17H24F2N2. The Kier molecular flexibility index (Phi) is 6.56. The Morgan fingerprint density at radius 1 is 1.48 bits per heavy atom. The lowest BCUT2D eigenvalue weighted by atomic mass is 9.98. The number of nitrogens with zero attached hydrogens (tertiary/aromatic N) is 1. The van der Waals surface area contributed by atoms with Crippen LogP contribution in [0.15, 0.2) is 59.4 Å². The highest BCUT2D eigenvalue weighted by Crippen LogP contribution is 2.29. The van der Waals surface area contributed by atoms with E-state index in [4.69, 9.17) is 5.73 Å². The molecule has 2 N–H and O–H groups in total. The molecule has 0 aromatic rings. The number of likely N-dealkylation sites (N-methyl/N-ethyl adjacent to an activating group) is 1. The lowest BCUT2D eigenvalue weighted by molar-refractivity contribution is 0.301. The molecule has 1 unspecified atom stereocenters. The van der Waals surface area contributed by atoms with E-state index in [2.05, 4.69) is 18.4 Å². The summed E-state index contributed by atoms with van der Waals surface area (Å²) in [7, 11) is 2.00. The normalized spacial score (nSPS) is 18.3. The smallest absolute Gasteiger partial charge is 0.181 e. The highest BCUT2D eigenvalue weighted by molar-refractivity contribution is 5.50. The molecule has 116 valence electrons. The number of nitrogens with two attached hydrogens (primary N) is 1. The van der Waals surface area contributed by atoms with Crippen LogP contribution in [0, 0.1) is 0 Å². The third kappa shape index (κ3) is 4.39. The van der Waals surface area contributed by atoms with Crippen molar-refractivity contribution in [3.63, 3.8) is 0 Å². The quantitative estimate of drug-likeness (QED) is 0.746. The Balaban J connectivity index is 2.87. The van der Waals surface area contributed by atoms with Gasteiger partial charge in [0.2, 0.25) is 0 Å². The van der Waals surface area contributed by atoms with Gasteiger partial charge in [-0.2, -0.15) is 0 Å². The molecular weight excluding hydrogens is 270 g/mol. The van der Waals surface area contributed by atoms with E-state index < -0.39 is 11.7 Å². The summed E-state index contributed by atoms with van der Waals surface area (Å²) in [5, 5.41) is 0. The summed E-state index contributed by atoms with van der Waals surface area (Å²) < 4.78 is 27.1. The first-order valence-corrected chi connectivity index (χ1v) is 7.12. The molecule has 0 fully saturated rings. The van der Waals surface area contributed by atoms with Gasteiger partial charge in [0.05, 0.1) is 5.70 Å². The van der Waals surface area contributed by atoms with Crippen molar-refractivity contribution in [2.75, 3.05) is 13.6 Å². The Morgan fingerprint density at radius 3 is 2.71 bits per heavy atom. The van der Waals surface area contributed by atoms with Gasteiger partial charge in [0.1, 0.15) is 0 Å². The van der Waals surface area contributed by atoms with E-state index in [0.717, 1.165) is 12.1 Å². The van der Waals surface area contributed by atoms with Crippen molar-refractivity contribution < 1.29 is 8.78 Å². The van der Waals surface area contributed by atoms with Gasteiger partial charge >= 0.3 is 0 Å². The Labute approximate surface area is 126 Å². The minimum Gasteiger partial charge on any atom is -0.396 e. The molecule has 1 atom stereocenters. The van der Waals surface area contributed by atoms with Gasteiger partial charge in [-0.3, -0.25) is 4.90 Å².